The van der Waals surface area contributed by atoms with Gasteiger partial charge < -0.3 is 10.6 Å². The predicted molar refractivity (Wildman–Crippen MR) is 78.1 cm³/mol. The third-order valence-corrected chi connectivity index (χ3v) is 4.18. The molecule has 0 aliphatic heterocycles. The normalized spacial score (nSPS) is 12.4. The van der Waals surface area contributed by atoms with Crippen LogP contribution in [0.1, 0.15) is 23.4 Å². The summed E-state index contributed by atoms with van der Waals surface area (Å²) in [5.41, 5.74) is 6.73. The summed E-state index contributed by atoms with van der Waals surface area (Å²) < 4.78 is 0. The third kappa shape index (κ3) is 2.89. The largest absolute Gasteiger partial charge is 0.352 e. The van der Waals surface area contributed by atoms with E-state index in [4.69, 9.17) is 5.73 Å². The Labute approximate surface area is 112 Å². The Bertz CT molecular complexity index is 464. The van der Waals surface area contributed by atoms with E-state index in [0.717, 1.165) is 12.2 Å². The van der Waals surface area contributed by atoms with Gasteiger partial charge in [0.05, 0.1) is 6.04 Å². The van der Waals surface area contributed by atoms with Crippen LogP contribution >= 0.6 is 11.3 Å². The van der Waals surface area contributed by atoms with Gasteiger partial charge in [-0.1, -0.05) is 12.1 Å². The molecule has 0 fully saturated rings. The fourth-order valence-electron chi connectivity index (χ4n) is 1.86. The Balaban J connectivity index is 2.11. The summed E-state index contributed by atoms with van der Waals surface area (Å²) in [6.45, 7) is 2.86. The van der Waals surface area contributed by atoms with Gasteiger partial charge in [0.2, 0.25) is 0 Å². The first kappa shape index (κ1) is 13.1. The summed E-state index contributed by atoms with van der Waals surface area (Å²) in [6, 6.07) is 8.76. The van der Waals surface area contributed by atoms with Crippen molar-refractivity contribution in [3.63, 3.8) is 0 Å². The highest BCUT2D eigenvalue weighted by Crippen LogP contribution is 2.26. The highest BCUT2D eigenvalue weighted by Gasteiger charge is 2.13. The Morgan fingerprint density at radius 3 is 2.78 bits per heavy atom. The van der Waals surface area contributed by atoms with Crippen molar-refractivity contribution in [1.29, 1.82) is 0 Å². The molecule has 1 unspecified atom stereocenters. The smallest absolute Gasteiger partial charge is 0.128 e. The Morgan fingerprint density at radius 2 is 2.22 bits per heavy atom. The third-order valence-electron chi connectivity index (χ3n) is 3.14. The fourth-order valence-corrected chi connectivity index (χ4v) is 2.68. The molecule has 18 heavy (non-hydrogen) atoms. The van der Waals surface area contributed by atoms with E-state index in [1.807, 2.05) is 6.20 Å². The van der Waals surface area contributed by atoms with Crippen LogP contribution in [0.2, 0.25) is 0 Å². The number of nitrogens with zero attached hydrogens (tertiary/aromatic N) is 2. The first-order valence-corrected chi connectivity index (χ1v) is 7.01. The summed E-state index contributed by atoms with van der Waals surface area (Å²) in [4.78, 5) is 8.05. The molecule has 96 valence electrons. The lowest BCUT2D eigenvalue weighted by Crippen LogP contribution is -2.21. The van der Waals surface area contributed by atoms with Gasteiger partial charge in [-0.05, 0) is 43.0 Å². The zero-order chi connectivity index (χ0) is 13.0. The van der Waals surface area contributed by atoms with Gasteiger partial charge in [0.1, 0.15) is 5.82 Å². The number of pyridine rings is 1. The molecule has 4 heteroatoms. The number of thiophene rings is 1. The Hall–Kier alpha value is -1.39. The molecule has 0 radical (unpaired) electrons. The van der Waals surface area contributed by atoms with Gasteiger partial charge in [-0.25, -0.2) is 4.98 Å². The molecule has 0 aromatic carbocycles. The minimum atomic E-state index is 0.345. The van der Waals surface area contributed by atoms with Crippen molar-refractivity contribution in [3.05, 3.63) is 46.3 Å². The van der Waals surface area contributed by atoms with E-state index in [1.165, 1.54) is 10.4 Å². The lowest BCUT2D eigenvalue weighted by atomic mass is 10.2. The minimum absolute atomic E-state index is 0.345. The molecule has 2 aromatic rings. The molecule has 0 spiro atoms. The van der Waals surface area contributed by atoms with Crippen LogP contribution in [0.5, 0.6) is 0 Å². The zero-order valence-electron chi connectivity index (χ0n) is 10.8. The molecule has 0 bridgehead atoms. The minimum Gasteiger partial charge on any atom is -0.352 e. The highest BCUT2D eigenvalue weighted by atomic mass is 32.1. The van der Waals surface area contributed by atoms with Crippen LogP contribution in [-0.4, -0.2) is 18.6 Å². The molecular weight excluding hydrogens is 242 g/mol. The van der Waals surface area contributed by atoms with E-state index in [9.17, 15) is 0 Å². The summed E-state index contributed by atoms with van der Waals surface area (Å²) in [7, 11) is 2.08. The molecule has 3 nitrogen and oxygen atoms in total. The Kier molecular flexibility index (Phi) is 4.33. The predicted octanol–water partition coefficient (Wildman–Crippen LogP) is 2.84. The van der Waals surface area contributed by atoms with Crippen molar-refractivity contribution < 1.29 is 0 Å². The van der Waals surface area contributed by atoms with Crippen LogP contribution in [0.25, 0.3) is 0 Å². The van der Waals surface area contributed by atoms with Gasteiger partial charge in [-0.3, -0.25) is 0 Å². The quantitative estimate of drug-likeness (QED) is 0.900. The van der Waals surface area contributed by atoms with E-state index in [-0.39, 0.29) is 0 Å². The number of hydrogen-bond donors (Lipinski definition) is 1. The standard InChI is InChI=1S/C14H19N3S/c1-11(13-4-3-9-18-13)17(2)14-6-5-12(7-8-15)10-16-14/h3-6,9-11H,7-8,15H2,1-2H3. The average Bonchev–Trinajstić information content (AvgIpc) is 2.92. The van der Waals surface area contributed by atoms with E-state index in [0.29, 0.717) is 12.6 Å². The maximum Gasteiger partial charge on any atom is 0.128 e. The van der Waals surface area contributed by atoms with Crippen molar-refractivity contribution in [1.82, 2.24) is 4.98 Å². The molecule has 2 aromatic heterocycles. The average molecular weight is 261 g/mol. The molecular formula is C14H19N3S. The van der Waals surface area contributed by atoms with E-state index >= 15 is 0 Å². The van der Waals surface area contributed by atoms with Gasteiger partial charge in [0, 0.05) is 18.1 Å². The fraction of sp³-hybridized carbons (Fsp3) is 0.357. The number of rotatable bonds is 5. The van der Waals surface area contributed by atoms with E-state index in [2.05, 4.69) is 53.5 Å². The monoisotopic (exact) mass is 261 g/mol. The first-order valence-electron chi connectivity index (χ1n) is 6.13. The van der Waals surface area contributed by atoms with Gasteiger partial charge in [0.25, 0.3) is 0 Å². The maximum atomic E-state index is 5.53. The lowest BCUT2D eigenvalue weighted by molar-refractivity contribution is 0.741. The van der Waals surface area contributed by atoms with Gasteiger partial charge >= 0.3 is 0 Å². The highest BCUT2D eigenvalue weighted by molar-refractivity contribution is 7.10. The van der Waals surface area contributed by atoms with Crippen LogP contribution in [0.4, 0.5) is 5.82 Å². The molecule has 0 saturated heterocycles. The zero-order valence-corrected chi connectivity index (χ0v) is 11.7. The number of nitrogens with two attached hydrogens (primary N) is 1. The summed E-state index contributed by atoms with van der Waals surface area (Å²) in [5, 5.41) is 2.11. The number of aromatic nitrogens is 1. The molecule has 0 aliphatic rings. The Morgan fingerprint density at radius 1 is 1.39 bits per heavy atom. The summed E-state index contributed by atoms with van der Waals surface area (Å²) >= 11 is 1.78. The van der Waals surface area contributed by atoms with Gasteiger partial charge in [0.15, 0.2) is 0 Å². The molecule has 0 aliphatic carbocycles. The van der Waals surface area contributed by atoms with Crippen LogP contribution < -0.4 is 10.6 Å². The van der Waals surface area contributed by atoms with Crippen LogP contribution in [0.15, 0.2) is 35.8 Å². The van der Waals surface area contributed by atoms with Crippen molar-refractivity contribution in [2.75, 3.05) is 18.5 Å². The van der Waals surface area contributed by atoms with Crippen molar-refractivity contribution in [2.45, 2.75) is 19.4 Å². The maximum absolute atomic E-state index is 5.53. The van der Waals surface area contributed by atoms with Crippen molar-refractivity contribution in [3.8, 4) is 0 Å². The molecule has 1 atom stereocenters. The second kappa shape index (κ2) is 5.98. The van der Waals surface area contributed by atoms with Gasteiger partial charge in [-0.2, -0.15) is 0 Å². The topological polar surface area (TPSA) is 42.1 Å². The van der Waals surface area contributed by atoms with Crippen molar-refractivity contribution >= 4 is 17.2 Å². The first-order chi connectivity index (χ1) is 8.72. The second-order valence-corrected chi connectivity index (χ2v) is 5.34. The molecule has 0 saturated carbocycles. The van der Waals surface area contributed by atoms with Crippen LogP contribution in [-0.2, 0) is 6.42 Å². The summed E-state index contributed by atoms with van der Waals surface area (Å²) in [5.74, 6) is 0.997. The van der Waals surface area contributed by atoms with E-state index < -0.39 is 0 Å². The molecule has 0 amide bonds. The second-order valence-electron chi connectivity index (χ2n) is 4.37. The van der Waals surface area contributed by atoms with Crippen molar-refractivity contribution in [2.24, 2.45) is 5.73 Å². The number of hydrogen-bond acceptors (Lipinski definition) is 4. The SMILES string of the molecule is CC(c1cccs1)N(C)c1ccc(CCN)cn1. The summed E-state index contributed by atoms with van der Waals surface area (Å²) in [6.07, 6.45) is 2.80. The van der Waals surface area contributed by atoms with Crippen LogP contribution in [0.3, 0.4) is 0 Å². The van der Waals surface area contributed by atoms with Crippen LogP contribution in [0, 0.1) is 0 Å². The lowest BCUT2D eigenvalue weighted by Gasteiger charge is -2.25. The number of anilines is 1. The molecule has 2 N–H and O–H groups in total. The van der Waals surface area contributed by atoms with E-state index in [1.54, 1.807) is 11.3 Å². The van der Waals surface area contributed by atoms with Gasteiger partial charge in [-0.15, -0.1) is 11.3 Å². The molecule has 2 rings (SSSR count). The molecule has 2 heterocycles.